The lowest BCUT2D eigenvalue weighted by Gasteiger charge is -2.20. The molecule has 0 aliphatic carbocycles. The number of carbonyl (C=O) groups excluding carboxylic acids is 1. The molecule has 2 amide bonds. The normalized spacial score (nSPS) is 11.4. The van der Waals surface area contributed by atoms with Crippen LogP contribution in [0.5, 0.6) is 17.2 Å². The van der Waals surface area contributed by atoms with Gasteiger partial charge in [0, 0.05) is 12.1 Å². The first-order chi connectivity index (χ1) is 14.1. The molecule has 3 rings (SSSR count). The van der Waals surface area contributed by atoms with Crippen molar-refractivity contribution in [3.63, 3.8) is 0 Å². The average Bonchev–Trinajstić information content (AvgIpc) is 3.26. The molecular weight excluding hydrogens is 374 g/mol. The number of urea groups is 1. The average molecular weight is 397 g/mol. The van der Waals surface area contributed by atoms with Gasteiger partial charge in [-0.05, 0) is 5.56 Å². The second-order valence-electron chi connectivity index (χ2n) is 6.06. The van der Waals surface area contributed by atoms with Gasteiger partial charge in [-0.15, -0.1) is 0 Å². The van der Waals surface area contributed by atoms with E-state index >= 15 is 0 Å². The number of nitrogens with one attached hydrogen (secondary N) is 2. The monoisotopic (exact) mass is 397 g/mol. The third kappa shape index (κ3) is 4.95. The number of ether oxygens (including phenoxy) is 3. The molecule has 0 fully saturated rings. The maximum atomic E-state index is 12.7. The number of amides is 2. The fourth-order valence-corrected chi connectivity index (χ4v) is 2.90. The van der Waals surface area contributed by atoms with Crippen molar-refractivity contribution in [2.24, 2.45) is 0 Å². The number of aromatic nitrogens is 3. The zero-order valence-electron chi connectivity index (χ0n) is 16.5. The van der Waals surface area contributed by atoms with E-state index < -0.39 is 0 Å². The van der Waals surface area contributed by atoms with Crippen LogP contribution in [0.25, 0.3) is 0 Å². The third-order valence-corrected chi connectivity index (χ3v) is 4.24. The van der Waals surface area contributed by atoms with Gasteiger partial charge >= 0.3 is 6.03 Å². The van der Waals surface area contributed by atoms with Crippen molar-refractivity contribution in [2.45, 2.75) is 12.6 Å². The van der Waals surface area contributed by atoms with Crippen LogP contribution in [0.1, 0.15) is 11.6 Å². The molecule has 0 radical (unpaired) electrons. The molecule has 2 aromatic carbocycles. The van der Waals surface area contributed by atoms with Crippen molar-refractivity contribution in [1.29, 1.82) is 0 Å². The third-order valence-electron chi connectivity index (χ3n) is 4.24. The summed E-state index contributed by atoms with van der Waals surface area (Å²) in [5, 5.41) is 14.0. The predicted octanol–water partition coefficient (Wildman–Crippen LogP) is 2.87. The Morgan fingerprint density at radius 3 is 2.17 bits per heavy atom. The van der Waals surface area contributed by atoms with Crippen molar-refractivity contribution in [3.8, 4) is 17.2 Å². The van der Waals surface area contributed by atoms with Crippen molar-refractivity contribution in [2.75, 3.05) is 26.6 Å². The van der Waals surface area contributed by atoms with Crippen molar-refractivity contribution in [3.05, 3.63) is 60.4 Å². The summed E-state index contributed by atoms with van der Waals surface area (Å²) in [5.41, 5.74) is 1.44. The van der Waals surface area contributed by atoms with Gasteiger partial charge in [0.25, 0.3) is 0 Å². The Hall–Kier alpha value is -3.75. The summed E-state index contributed by atoms with van der Waals surface area (Å²) < 4.78 is 16.0. The van der Waals surface area contributed by atoms with Crippen LogP contribution in [-0.2, 0) is 6.54 Å². The summed E-state index contributed by atoms with van der Waals surface area (Å²) in [5.74, 6) is 1.35. The first-order valence-electron chi connectivity index (χ1n) is 8.91. The minimum absolute atomic E-state index is 0.328. The Kier molecular flexibility index (Phi) is 6.51. The molecule has 29 heavy (non-hydrogen) atoms. The number of methoxy groups -OCH3 is 3. The van der Waals surface area contributed by atoms with Crippen LogP contribution >= 0.6 is 0 Å². The molecule has 1 heterocycles. The summed E-state index contributed by atoms with van der Waals surface area (Å²) in [6.07, 6.45) is 3.19. The van der Waals surface area contributed by atoms with Gasteiger partial charge in [0.1, 0.15) is 0 Å². The van der Waals surface area contributed by atoms with Gasteiger partial charge in [-0.25, -0.2) is 4.79 Å². The van der Waals surface area contributed by atoms with E-state index in [1.807, 2.05) is 30.3 Å². The van der Waals surface area contributed by atoms with Gasteiger partial charge in [0.2, 0.25) is 5.75 Å². The highest BCUT2D eigenvalue weighted by molar-refractivity contribution is 5.90. The summed E-state index contributed by atoms with van der Waals surface area (Å²) in [7, 11) is 4.56. The summed E-state index contributed by atoms with van der Waals surface area (Å²) in [6.45, 7) is 0.389. The van der Waals surface area contributed by atoms with Gasteiger partial charge in [0.15, 0.2) is 11.5 Å². The minimum atomic E-state index is -0.389. The second-order valence-corrected chi connectivity index (χ2v) is 6.06. The van der Waals surface area contributed by atoms with E-state index in [0.29, 0.717) is 29.5 Å². The number of anilines is 1. The lowest BCUT2D eigenvalue weighted by Crippen LogP contribution is -2.35. The molecule has 2 N–H and O–H groups in total. The molecule has 0 bridgehead atoms. The Morgan fingerprint density at radius 2 is 1.62 bits per heavy atom. The van der Waals surface area contributed by atoms with Gasteiger partial charge in [-0.2, -0.15) is 15.0 Å². The Morgan fingerprint density at radius 1 is 1.00 bits per heavy atom. The topological polar surface area (TPSA) is 99.5 Å². The van der Waals surface area contributed by atoms with Crippen molar-refractivity contribution >= 4 is 11.7 Å². The van der Waals surface area contributed by atoms with Crippen LogP contribution in [0.2, 0.25) is 0 Å². The lowest BCUT2D eigenvalue weighted by molar-refractivity contribution is 0.246. The van der Waals surface area contributed by atoms with E-state index in [2.05, 4.69) is 20.8 Å². The Labute approximate surface area is 168 Å². The van der Waals surface area contributed by atoms with Crippen LogP contribution in [0.4, 0.5) is 10.5 Å². The quantitative estimate of drug-likeness (QED) is 0.606. The summed E-state index contributed by atoms with van der Waals surface area (Å²) >= 11 is 0. The number of rotatable bonds is 8. The molecule has 3 aromatic rings. The zero-order chi connectivity index (χ0) is 20.6. The highest BCUT2D eigenvalue weighted by Gasteiger charge is 2.18. The smallest absolute Gasteiger partial charge is 0.319 e. The molecule has 1 unspecified atom stereocenters. The van der Waals surface area contributed by atoms with E-state index in [1.54, 1.807) is 24.5 Å². The van der Waals surface area contributed by atoms with E-state index in [1.165, 1.54) is 26.1 Å². The maximum absolute atomic E-state index is 12.7. The number of carbonyl (C=O) groups is 1. The first-order valence-corrected chi connectivity index (χ1v) is 8.91. The van der Waals surface area contributed by atoms with Gasteiger partial charge < -0.3 is 24.8 Å². The largest absolute Gasteiger partial charge is 0.493 e. The van der Waals surface area contributed by atoms with Crippen LogP contribution in [0.3, 0.4) is 0 Å². The van der Waals surface area contributed by atoms with E-state index in [0.717, 1.165) is 5.56 Å². The fourth-order valence-electron chi connectivity index (χ4n) is 2.90. The molecule has 0 aliphatic heterocycles. The molecule has 9 heteroatoms. The highest BCUT2D eigenvalue weighted by atomic mass is 16.5. The number of hydrogen-bond acceptors (Lipinski definition) is 6. The van der Waals surface area contributed by atoms with E-state index in [-0.39, 0.29) is 12.1 Å². The molecule has 0 aliphatic rings. The molecular formula is C20H23N5O4. The molecule has 0 spiro atoms. The highest BCUT2D eigenvalue weighted by Crippen LogP contribution is 2.39. The van der Waals surface area contributed by atoms with Gasteiger partial charge in [-0.1, -0.05) is 30.3 Å². The molecule has 1 aromatic heterocycles. The number of benzene rings is 2. The predicted molar refractivity (Wildman–Crippen MR) is 107 cm³/mol. The number of hydrogen-bond donors (Lipinski definition) is 2. The lowest BCUT2D eigenvalue weighted by atomic mass is 10.1. The second kappa shape index (κ2) is 9.45. The van der Waals surface area contributed by atoms with Crippen LogP contribution in [0, 0.1) is 0 Å². The SMILES string of the molecule is COc1cc(NC(=O)NC(Cn2nccn2)c2ccccc2)cc(OC)c1OC. The van der Waals surface area contributed by atoms with Gasteiger partial charge in [-0.3, -0.25) is 0 Å². The van der Waals surface area contributed by atoms with Gasteiger partial charge in [0.05, 0.1) is 52.0 Å². The molecule has 1 atom stereocenters. The first kappa shape index (κ1) is 20.0. The Bertz CT molecular complexity index is 906. The molecule has 0 saturated heterocycles. The van der Waals surface area contributed by atoms with E-state index in [9.17, 15) is 4.79 Å². The minimum Gasteiger partial charge on any atom is -0.493 e. The van der Waals surface area contributed by atoms with Crippen LogP contribution < -0.4 is 24.8 Å². The Balaban J connectivity index is 1.78. The molecule has 9 nitrogen and oxygen atoms in total. The standard InChI is InChI=1S/C20H23N5O4/c1-27-17-11-15(12-18(28-2)19(17)29-3)23-20(26)24-16(13-25-21-9-10-22-25)14-7-5-4-6-8-14/h4-12,16H,13H2,1-3H3,(H2,23,24,26). The van der Waals surface area contributed by atoms with Crippen LogP contribution in [-0.4, -0.2) is 42.4 Å². The summed E-state index contributed by atoms with van der Waals surface area (Å²) in [4.78, 5) is 14.2. The van der Waals surface area contributed by atoms with Crippen LogP contribution in [0.15, 0.2) is 54.9 Å². The summed E-state index contributed by atoms with van der Waals surface area (Å²) in [6, 6.07) is 12.2. The molecule has 0 saturated carbocycles. The fraction of sp³-hybridized carbons (Fsp3) is 0.250. The number of nitrogens with zero attached hydrogens (tertiary/aromatic N) is 3. The maximum Gasteiger partial charge on any atom is 0.319 e. The zero-order valence-corrected chi connectivity index (χ0v) is 16.5. The van der Waals surface area contributed by atoms with E-state index in [4.69, 9.17) is 14.2 Å². The molecule has 152 valence electrons. The van der Waals surface area contributed by atoms with Crippen molar-refractivity contribution in [1.82, 2.24) is 20.3 Å². The van der Waals surface area contributed by atoms with Crippen molar-refractivity contribution < 1.29 is 19.0 Å².